The van der Waals surface area contributed by atoms with E-state index in [1.54, 1.807) is 6.42 Å². The van der Waals surface area contributed by atoms with Gasteiger partial charge in [-0.1, -0.05) is 0 Å². The maximum Gasteiger partial charge on any atom is 0.00415 e. The van der Waals surface area contributed by atoms with E-state index in [1.165, 1.54) is 32.1 Å². The second kappa shape index (κ2) is 2.47. The first kappa shape index (κ1) is 7.37. The van der Waals surface area contributed by atoms with Crippen molar-refractivity contribution < 1.29 is 0 Å². The molecule has 0 aliphatic heterocycles. The lowest BCUT2D eigenvalue weighted by Gasteiger charge is -2.41. The van der Waals surface area contributed by atoms with Gasteiger partial charge in [-0.2, -0.15) is 0 Å². The molecule has 0 heterocycles. The van der Waals surface area contributed by atoms with E-state index < -0.39 is 0 Å². The van der Waals surface area contributed by atoms with Crippen LogP contribution in [0.4, 0.5) is 0 Å². The highest BCUT2D eigenvalue weighted by molar-refractivity contribution is 4.99. The van der Waals surface area contributed by atoms with Crippen LogP contribution < -0.4 is 5.73 Å². The van der Waals surface area contributed by atoms with E-state index in [2.05, 4.69) is 0 Å². The zero-order valence-corrected chi connectivity index (χ0v) is 7.71. The van der Waals surface area contributed by atoms with Gasteiger partial charge in [-0.25, -0.2) is 0 Å². The van der Waals surface area contributed by atoms with Gasteiger partial charge in [0.2, 0.25) is 0 Å². The molecule has 3 saturated carbocycles. The summed E-state index contributed by atoms with van der Waals surface area (Å²) in [5.74, 6) is 4.37. The van der Waals surface area contributed by atoms with Gasteiger partial charge in [-0.05, 0) is 62.2 Å². The smallest absolute Gasteiger partial charge is 0.00415 e. The first-order valence-electron chi connectivity index (χ1n) is 5.58. The molecule has 0 radical (unpaired) electrons. The molecule has 0 amide bonds. The number of fused-ring (bicyclic) bond motifs is 1. The molecule has 1 nitrogen and oxygen atoms in total. The van der Waals surface area contributed by atoms with Crippen LogP contribution in [0.25, 0.3) is 0 Å². The summed E-state index contributed by atoms with van der Waals surface area (Å²) in [6.45, 7) is 0. The van der Waals surface area contributed by atoms with Crippen LogP contribution in [0, 0.1) is 23.7 Å². The van der Waals surface area contributed by atoms with E-state index in [9.17, 15) is 0 Å². The SMILES string of the molecule is N[C@H]1CC[C@H]2C[C@@H]3C[C@H](CC23)C1. The summed E-state index contributed by atoms with van der Waals surface area (Å²) < 4.78 is 0. The minimum atomic E-state index is 0.537. The summed E-state index contributed by atoms with van der Waals surface area (Å²) in [5, 5.41) is 0. The van der Waals surface area contributed by atoms with E-state index >= 15 is 0 Å². The van der Waals surface area contributed by atoms with Gasteiger partial charge in [0.15, 0.2) is 0 Å². The lowest BCUT2D eigenvalue weighted by Crippen LogP contribution is -2.34. The van der Waals surface area contributed by atoms with Crippen LogP contribution in [0.5, 0.6) is 0 Å². The second-order valence-electron chi connectivity index (χ2n) is 5.33. The molecule has 0 aromatic carbocycles. The Bertz CT molecular complexity index is 187. The van der Waals surface area contributed by atoms with Gasteiger partial charge in [-0.15, -0.1) is 0 Å². The van der Waals surface area contributed by atoms with Gasteiger partial charge in [0.05, 0.1) is 0 Å². The van der Waals surface area contributed by atoms with E-state index in [4.69, 9.17) is 5.73 Å². The van der Waals surface area contributed by atoms with Gasteiger partial charge in [0.1, 0.15) is 0 Å². The lowest BCUT2D eigenvalue weighted by molar-refractivity contribution is 0.0892. The topological polar surface area (TPSA) is 26.0 Å². The third kappa shape index (κ3) is 0.953. The third-order valence-electron chi connectivity index (χ3n) is 4.60. The Morgan fingerprint density at radius 1 is 0.833 bits per heavy atom. The number of nitrogens with two attached hydrogens (primary N) is 1. The zero-order chi connectivity index (χ0) is 8.13. The summed E-state index contributed by atoms with van der Waals surface area (Å²) in [4.78, 5) is 0. The quantitative estimate of drug-likeness (QED) is 0.585. The van der Waals surface area contributed by atoms with Crippen LogP contribution in [0.15, 0.2) is 0 Å². The second-order valence-corrected chi connectivity index (χ2v) is 5.33. The highest BCUT2D eigenvalue weighted by Crippen LogP contribution is 2.57. The van der Waals surface area contributed by atoms with E-state index in [-0.39, 0.29) is 0 Å². The molecule has 0 aromatic heterocycles. The molecule has 3 aliphatic carbocycles. The van der Waals surface area contributed by atoms with Crippen molar-refractivity contribution in [1.82, 2.24) is 0 Å². The average Bonchev–Trinajstić information content (AvgIpc) is 2.35. The molecule has 2 bridgehead atoms. The number of rotatable bonds is 0. The molecule has 3 fully saturated rings. The molecule has 1 heteroatoms. The maximum atomic E-state index is 6.07. The fraction of sp³-hybridized carbons (Fsp3) is 1.00. The first-order chi connectivity index (χ1) is 5.83. The fourth-order valence-corrected chi connectivity index (χ4v) is 3.99. The van der Waals surface area contributed by atoms with Crippen LogP contribution in [0.1, 0.15) is 38.5 Å². The van der Waals surface area contributed by atoms with Crippen LogP contribution in [0.3, 0.4) is 0 Å². The van der Waals surface area contributed by atoms with Crippen LogP contribution in [0.2, 0.25) is 0 Å². The molecule has 0 spiro atoms. The fourth-order valence-electron chi connectivity index (χ4n) is 3.99. The van der Waals surface area contributed by atoms with Crippen molar-refractivity contribution in [2.45, 2.75) is 44.6 Å². The van der Waals surface area contributed by atoms with E-state index in [1.807, 2.05) is 0 Å². The summed E-state index contributed by atoms with van der Waals surface area (Å²) >= 11 is 0. The summed E-state index contributed by atoms with van der Waals surface area (Å²) in [5.41, 5.74) is 6.07. The van der Waals surface area contributed by atoms with Crippen molar-refractivity contribution in [3.63, 3.8) is 0 Å². The molecule has 12 heavy (non-hydrogen) atoms. The van der Waals surface area contributed by atoms with Crippen LogP contribution in [-0.2, 0) is 0 Å². The zero-order valence-electron chi connectivity index (χ0n) is 7.71. The Morgan fingerprint density at radius 3 is 2.67 bits per heavy atom. The van der Waals surface area contributed by atoms with Crippen molar-refractivity contribution in [3.8, 4) is 0 Å². The summed E-state index contributed by atoms with van der Waals surface area (Å²) in [7, 11) is 0. The first-order valence-corrected chi connectivity index (χ1v) is 5.58. The Kier molecular flexibility index (Phi) is 1.52. The molecule has 1 unspecified atom stereocenters. The van der Waals surface area contributed by atoms with Crippen LogP contribution in [-0.4, -0.2) is 6.04 Å². The standard InChI is InChI=1S/C11H19N/c12-10-2-1-8-6-9-3-7(4-10)5-11(8)9/h7-11H,1-6,12H2/t7-,8-,9-,10-,11?/m0/s1. The van der Waals surface area contributed by atoms with Gasteiger partial charge < -0.3 is 5.73 Å². The molecule has 0 aromatic rings. The number of hydrogen-bond donors (Lipinski definition) is 1. The Balaban J connectivity index is 1.78. The summed E-state index contributed by atoms with van der Waals surface area (Å²) in [6, 6.07) is 0.537. The average molecular weight is 165 g/mol. The monoisotopic (exact) mass is 165 g/mol. The molecule has 3 aliphatic rings. The van der Waals surface area contributed by atoms with E-state index in [0.717, 1.165) is 23.7 Å². The van der Waals surface area contributed by atoms with E-state index in [0.29, 0.717) is 6.04 Å². The predicted octanol–water partition coefficient (Wildman–Crippen LogP) is 2.16. The van der Waals surface area contributed by atoms with Gasteiger partial charge in [-0.3, -0.25) is 0 Å². The normalized spacial score (nSPS) is 57.2. The van der Waals surface area contributed by atoms with Crippen LogP contribution >= 0.6 is 0 Å². The highest BCUT2D eigenvalue weighted by atomic mass is 14.7. The third-order valence-corrected chi connectivity index (χ3v) is 4.60. The van der Waals surface area contributed by atoms with Gasteiger partial charge in [0, 0.05) is 6.04 Å². The molecule has 0 saturated heterocycles. The molecule has 68 valence electrons. The van der Waals surface area contributed by atoms with Crippen molar-refractivity contribution in [2.24, 2.45) is 29.4 Å². The molecule has 5 atom stereocenters. The maximum absolute atomic E-state index is 6.07. The molecule has 3 rings (SSSR count). The van der Waals surface area contributed by atoms with Gasteiger partial charge in [0.25, 0.3) is 0 Å². The number of hydrogen-bond acceptors (Lipinski definition) is 1. The molecule has 2 N–H and O–H groups in total. The lowest BCUT2D eigenvalue weighted by atomic mass is 9.64. The Hall–Kier alpha value is -0.0400. The minimum Gasteiger partial charge on any atom is -0.328 e. The largest absolute Gasteiger partial charge is 0.328 e. The van der Waals surface area contributed by atoms with Crippen molar-refractivity contribution in [1.29, 1.82) is 0 Å². The Morgan fingerprint density at radius 2 is 1.75 bits per heavy atom. The molecular weight excluding hydrogens is 146 g/mol. The summed E-state index contributed by atoms with van der Waals surface area (Å²) in [6.07, 6.45) is 8.69. The molecular formula is C11H19N. The Labute approximate surface area is 74.7 Å². The van der Waals surface area contributed by atoms with Crippen molar-refractivity contribution in [3.05, 3.63) is 0 Å². The van der Waals surface area contributed by atoms with Crippen molar-refractivity contribution in [2.75, 3.05) is 0 Å². The minimum absolute atomic E-state index is 0.537. The predicted molar refractivity (Wildman–Crippen MR) is 49.6 cm³/mol. The van der Waals surface area contributed by atoms with Gasteiger partial charge >= 0.3 is 0 Å². The highest BCUT2D eigenvalue weighted by Gasteiger charge is 2.48. The van der Waals surface area contributed by atoms with Crippen molar-refractivity contribution >= 4 is 0 Å².